The van der Waals surface area contributed by atoms with Crippen molar-refractivity contribution in [3.8, 4) is 33.8 Å². The first kappa shape index (κ1) is 90.0. The Kier molecular flexibility index (Phi) is 27.4. The minimum absolute atomic E-state index is 0.115. The average Bonchev–Trinajstić information content (AvgIpc) is 1.62. The number of carbonyl (C=O) groups excluding carboxylic acids is 6. The first-order valence-corrected chi connectivity index (χ1v) is 41.7. The van der Waals surface area contributed by atoms with E-state index in [1.54, 1.807) is 92.2 Å². The van der Waals surface area contributed by atoms with Crippen molar-refractivity contribution in [2.45, 2.75) is 126 Å². The number of urea groups is 3. The van der Waals surface area contributed by atoms with Crippen molar-refractivity contribution >= 4 is 120 Å². The molecular weight excluding hydrogens is 1620 g/mol. The van der Waals surface area contributed by atoms with Crippen molar-refractivity contribution in [1.29, 1.82) is 0 Å². The van der Waals surface area contributed by atoms with Gasteiger partial charge in [0.15, 0.2) is 16.9 Å². The lowest BCUT2D eigenvalue weighted by molar-refractivity contribution is -0.129. The fraction of sp³-hybridized carbons (Fsp3) is 0.298. The zero-order chi connectivity index (χ0) is 91.3. The van der Waals surface area contributed by atoms with Gasteiger partial charge in [0.1, 0.15) is 59.3 Å². The number of hydrogen-bond donors (Lipinski definition) is 9. The van der Waals surface area contributed by atoms with Gasteiger partial charge in [0.25, 0.3) is 17.7 Å². The van der Waals surface area contributed by atoms with E-state index >= 15 is 0 Å². The van der Waals surface area contributed by atoms with Crippen LogP contribution in [0.1, 0.15) is 125 Å². The molecule has 128 heavy (non-hydrogen) atoms. The summed E-state index contributed by atoms with van der Waals surface area (Å²) in [5.74, 6) is -0.393. The molecule has 0 spiro atoms. The molecule has 6 aromatic carbocycles. The van der Waals surface area contributed by atoms with Crippen LogP contribution in [0, 0.1) is 48.7 Å². The molecule has 0 bridgehead atoms. The number of para-hydroxylation sites is 1. The average molecular weight is 1720 g/mol. The highest BCUT2D eigenvalue weighted by molar-refractivity contribution is 6.05. The molecule has 12 aromatic rings. The number of anilines is 9. The van der Waals surface area contributed by atoms with Crippen molar-refractivity contribution in [3.05, 3.63) is 252 Å². The van der Waals surface area contributed by atoms with Gasteiger partial charge in [-0.15, -0.1) is 0 Å². The Bertz CT molecular complexity index is 6140. The Labute approximate surface area is 739 Å². The van der Waals surface area contributed by atoms with Gasteiger partial charge in [-0.3, -0.25) is 14.4 Å². The standard InChI is InChI=1S/C32H35N9O2.C31H32FN9O2.C31H33N9O2/c1-20-8-6-9-23(16-20)38-31(43)37-22-13-11-21(12-14-22)27-26-28(33)35-19-36-29(26)41(39-27)24-10-7-15-40(18-24)30(42)25(34-5)17-32(2,3)4;1-31(2,3)16-24(34-4)29(42)40-14-6-9-23(17-40)41-28-25(27(33)35-18-36-28)26(39-41)19-10-12-21(13-11-19)37-30(43)38-22-8-5-7-20(32)15-22;1-31(2,3)17-24(33-4)29(41)39-16-8-11-23(18-39)40-28-25(27(32)34-19-35-28)26(38-40)20-12-14-22(15-13-20)37-30(42)36-21-9-6-5-7-10-21/h6,8-9,11-14,16-17,19,24H,7,10,15,18H2,1-4H3,(H2,33,35,36)(H2,37,38,43);5,7-8,10-13,15-16,18,23H,6,9,14,17H2,1-3H3,(H2,33,35,36)(H2,37,38,43);5-7,9-10,12-15,17,19,23H,8,11,16,18H2,1-3H3,(H2,32,34,35)(H2,36,37,42)/b25-17-;24-16-;24-17-/t24-;2*23-/m111/s1. The topological polar surface area (TPSA) is 406 Å². The number of carbonyl (C=O) groups is 6. The quantitative estimate of drug-likeness (QED) is 0.0340. The number of aryl methyl sites for hydroxylation is 1. The van der Waals surface area contributed by atoms with Crippen molar-refractivity contribution < 1.29 is 33.2 Å². The van der Waals surface area contributed by atoms with Crippen LogP contribution in [0.4, 0.5) is 70.4 Å². The lowest BCUT2D eigenvalue weighted by atomic mass is 9.95. The summed E-state index contributed by atoms with van der Waals surface area (Å²) in [6, 6.07) is 42.3. The predicted molar refractivity (Wildman–Crippen MR) is 494 cm³/mol. The second kappa shape index (κ2) is 39.0. The molecule has 0 aliphatic carbocycles. The fourth-order valence-electron chi connectivity index (χ4n) is 15.3. The molecule has 3 atom stereocenters. The monoisotopic (exact) mass is 1720 g/mol. The van der Waals surface area contributed by atoms with Crippen LogP contribution in [0.15, 0.2) is 206 Å². The van der Waals surface area contributed by atoms with Gasteiger partial charge >= 0.3 is 18.1 Å². The van der Waals surface area contributed by atoms with Crippen LogP contribution < -0.4 is 49.1 Å². The van der Waals surface area contributed by atoms with E-state index in [1.807, 2.05) is 157 Å². The van der Waals surface area contributed by atoms with Gasteiger partial charge in [-0.1, -0.05) is 153 Å². The highest BCUT2D eigenvalue weighted by atomic mass is 19.1. The van der Waals surface area contributed by atoms with Crippen LogP contribution >= 0.6 is 0 Å². The maximum absolute atomic E-state index is 13.4. The van der Waals surface area contributed by atoms with Crippen LogP contribution in [0.3, 0.4) is 0 Å². The number of piperidine rings is 3. The van der Waals surface area contributed by atoms with E-state index in [9.17, 15) is 33.2 Å². The Morgan fingerprint density at radius 1 is 0.391 bits per heavy atom. The fourth-order valence-corrected chi connectivity index (χ4v) is 15.3. The summed E-state index contributed by atoms with van der Waals surface area (Å²) in [5.41, 5.74) is 28.8. The number of likely N-dealkylation sites (tertiary alicyclic amines) is 3. The summed E-state index contributed by atoms with van der Waals surface area (Å²) in [7, 11) is 0. The van der Waals surface area contributed by atoms with E-state index in [0.29, 0.717) is 135 Å². The maximum atomic E-state index is 13.4. The minimum Gasteiger partial charge on any atom is -0.383 e. The minimum atomic E-state index is -0.513. The van der Waals surface area contributed by atoms with E-state index < -0.39 is 11.8 Å². The lowest BCUT2D eigenvalue weighted by Gasteiger charge is -2.33. The van der Waals surface area contributed by atoms with Gasteiger partial charge in [-0.25, -0.2) is 77.3 Å². The van der Waals surface area contributed by atoms with Crippen molar-refractivity contribution in [1.82, 2.24) is 73.9 Å². The summed E-state index contributed by atoms with van der Waals surface area (Å²) in [6.45, 7) is 45.2. The Hall–Kier alpha value is -15.8. The molecule has 15 rings (SSSR count). The van der Waals surface area contributed by atoms with Crippen LogP contribution in [-0.4, -0.2) is 149 Å². The molecule has 3 saturated heterocycles. The lowest BCUT2D eigenvalue weighted by Crippen LogP contribution is -2.41. The molecular formula is C94H100FN27O6. The normalized spacial score (nSPS) is 15.7. The van der Waals surface area contributed by atoms with Gasteiger partial charge < -0.3 is 63.8 Å². The van der Waals surface area contributed by atoms with Gasteiger partial charge in [0.05, 0.1) is 54.0 Å². The smallest absolute Gasteiger partial charge is 0.323 e. The Balaban J connectivity index is 0.000000164. The molecule has 0 saturated carbocycles. The van der Waals surface area contributed by atoms with Gasteiger partial charge in [-0.2, -0.15) is 15.3 Å². The Morgan fingerprint density at radius 3 is 0.977 bits per heavy atom. The molecule has 654 valence electrons. The van der Waals surface area contributed by atoms with Crippen LogP contribution in [0.25, 0.3) is 81.4 Å². The number of nitrogens with one attached hydrogen (secondary N) is 6. The number of rotatable bonds is 15. The number of benzene rings is 6. The summed E-state index contributed by atoms with van der Waals surface area (Å²) in [5, 5.41) is 33.2. The molecule has 12 N–H and O–H groups in total. The molecule has 33 nitrogen and oxygen atoms in total. The van der Waals surface area contributed by atoms with E-state index in [-0.39, 0.29) is 87.1 Å². The molecule has 6 aromatic heterocycles. The van der Waals surface area contributed by atoms with Gasteiger partial charge in [0.2, 0.25) is 17.1 Å². The number of allylic oxidation sites excluding steroid dienone is 3. The van der Waals surface area contributed by atoms with E-state index in [2.05, 4.69) is 76.3 Å². The third kappa shape index (κ3) is 22.2. The first-order valence-electron chi connectivity index (χ1n) is 41.7. The molecule has 0 radical (unpaired) electrons. The van der Waals surface area contributed by atoms with Gasteiger partial charge in [0, 0.05) is 90.1 Å². The molecule has 0 unspecified atom stereocenters. The van der Waals surface area contributed by atoms with Gasteiger partial charge in [-0.05, 0) is 146 Å². The largest absolute Gasteiger partial charge is 0.383 e. The number of amides is 9. The zero-order valence-corrected chi connectivity index (χ0v) is 72.7. The number of nitrogens with zero attached hydrogens (tertiary/aromatic N) is 18. The summed E-state index contributed by atoms with van der Waals surface area (Å²) >= 11 is 0. The summed E-state index contributed by atoms with van der Waals surface area (Å²) in [6.07, 6.45) is 14.0. The van der Waals surface area contributed by atoms with Crippen LogP contribution in [0.5, 0.6) is 0 Å². The predicted octanol–water partition coefficient (Wildman–Crippen LogP) is 17.6. The summed E-state index contributed by atoms with van der Waals surface area (Å²) in [4.78, 5) is 119. The highest BCUT2D eigenvalue weighted by Crippen LogP contribution is 2.40. The number of aromatic nitrogens is 12. The number of fused-ring (bicyclic) bond motifs is 3. The van der Waals surface area contributed by atoms with Crippen molar-refractivity contribution in [3.63, 3.8) is 0 Å². The van der Waals surface area contributed by atoms with E-state index in [4.69, 9.17) is 52.2 Å². The molecule has 34 heteroatoms. The highest BCUT2D eigenvalue weighted by Gasteiger charge is 2.35. The number of hydrogen-bond acceptors (Lipinski definition) is 18. The van der Waals surface area contributed by atoms with E-state index in [1.165, 1.54) is 37.2 Å². The summed E-state index contributed by atoms with van der Waals surface area (Å²) < 4.78 is 18.9. The molecule has 3 aliphatic rings. The second-order valence-electron chi connectivity index (χ2n) is 34.6. The number of halogens is 1. The van der Waals surface area contributed by atoms with Crippen LogP contribution in [-0.2, 0) is 14.4 Å². The maximum Gasteiger partial charge on any atom is 0.323 e. The van der Waals surface area contributed by atoms with Crippen molar-refractivity contribution in [2.24, 2.45) is 16.2 Å². The molecule has 3 aliphatic heterocycles. The first-order chi connectivity index (χ1) is 61.2. The van der Waals surface area contributed by atoms with E-state index in [0.717, 1.165) is 60.8 Å². The third-order valence-corrected chi connectivity index (χ3v) is 21.0. The SMILES string of the molecule is [C-]#[N+]/C(=C\C(C)(C)C)C(=O)N1CCC[C@@H](n2nc(-c3ccc(NC(=O)Nc4cccc(C)c4)cc3)c3c(N)ncnc32)C1.[C-]#[N+]/C(=C\C(C)(C)C)C(=O)N1CCC[C@@H](n2nc(-c3ccc(NC(=O)Nc4cccc(F)c4)cc3)c3c(N)ncnc32)C1.[C-]#[N+]/C(=C\C(C)(C)C)C(=O)N1CCC[C@@H](n2nc(-c3ccc(NC(=O)Nc4ccccc4)cc3)c3c(N)ncnc32)C1. The Morgan fingerprint density at radius 2 is 0.680 bits per heavy atom. The van der Waals surface area contributed by atoms with Crippen LogP contribution in [0.2, 0.25) is 0 Å². The number of nitrogen functional groups attached to an aromatic ring is 3. The third-order valence-electron chi connectivity index (χ3n) is 21.0. The van der Waals surface area contributed by atoms with Crippen molar-refractivity contribution in [2.75, 3.05) is 88.4 Å². The zero-order valence-electron chi connectivity index (χ0n) is 72.7. The molecule has 9 heterocycles. The molecule has 3 fully saturated rings. The molecule has 9 amide bonds. The number of nitrogens with two attached hydrogens (primary N) is 3. The second-order valence-corrected chi connectivity index (χ2v) is 34.6.